The van der Waals surface area contributed by atoms with Gasteiger partial charge < -0.3 is 0 Å². The van der Waals surface area contributed by atoms with Crippen LogP contribution in [0.4, 0.5) is 0 Å². The zero-order chi connectivity index (χ0) is 11.3. The average Bonchev–Trinajstić information content (AvgIpc) is 2.65. The number of hydrogen-bond acceptors (Lipinski definition) is 3. The monoisotopic (exact) mass is 238 g/mol. The van der Waals surface area contributed by atoms with Gasteiger partial charge in [-0.2, -0.15) is 0 Å². The summed E-state index contributed by atoms with van der Waals surface area (Å²) in [7, 11) is 4.09. The maximum Gasteiger partial charge on any atom is 0.176 e. The van der Waals surface area contributed by atoms with Crippen LogP contribution in [-0.4, -0.2) is 33.0 Å². The van der Waals surface area contributed by atoms with E-state index >= 15 is 0 Å². The fourth-order valence-electron chi connectivity index (χ4n) is 3.17. The molecule has 0 amide bonds. The molecule has 4 nitrogen and oxygen atoms in total. The molecule has 5 heteroatoms. The first-order valence-corrected chi connectivity index (χ1v) is 5.98. The molecule has 1 fully saturated rings. The van der Waals surface area contributed by atoms with Gasteiger partial charge in [-0.15, -0.1) is 5.10 Å². The molecule has 0 radical (unpaired) electrons. The number of aryl methyl sites for hydroxylation is 1. The molecule has 2 aliphatic rings. The Morgan fingerprint density at radius 1 is 1.50 bits per heavy atom. The molecule has 1 aromatic heterocycles. The minimum Gasteiger partial charge on any atom is -0.288 e. The minimum absolute atomic E-state index is 0.00868. The van der Waals surface area contributed by atoms with Crippen molar-refractivity contribution >= 4 is 11.6 Å². The van der Waals surface area contributed by atoms with Gasteiger partial charge in [0.25, 0.3) is 0 Å². The summed E-state index contributed by atoms with van der Waals surface area (Å²) in [6, 6.07) is 0.541. The van der Waals surface area contributed by atoms with E-state index in [1.165, 1.54) is 6.42 Å². The van der Waals surface area contributed by atoms with Gasteiger partial charge in [0.05, 0.1) is 11.2 Å². The minimum atomic E-state index is 0.00868. The Labute approximate surface area is 99.9 Å². The summed E-state index contributed by atoms with van der Waals surface area (Å²) >= 11 is 6.19. The summed E-state index contributed by atoms with van der Waals surface area (Å²) in [4.78, 5) is 2.41. The summed E-state index contributed by atoms with van der Waals surface area (Å²) in [6.45, 7) is 0. The Morgan fingerprint density at radius 3 is 3.00 bits per heavy atom. The van der Waals surface area contributed by atoms with E-state index in [9.17, 15) is 0 Å². The van der Waals surface area contributed by atoms with E-state index in [0.717, 1.165) is 18.5 Å². The number of aromatic nitrogens is 3. The number of fused-ring (bicyclic) bond motifs is 2. The van der Waals surface area contributed by atoms with Crippen LogP contribution in [0.25, 0.3) is 0 Å². The van der Waals surface area contributed by atoms with Gasteiger partial charge in [-0.25, -0.2) is 4.68 Å². The van der Waals surface area contributed by atoms with Crippen molar-refractivity contribution in [3.63, 3.8) is 0 Å². The molecule has 16 heavy (non-hydrogen) atoms. The average molecular weight is 239 g/mol. The number of nitrogens with zero attached hydrogens (tertiary/aromatic N) is 4. The van der Waals surface area contributed by atoms with Crippen LogP contribution in [0.3, 0.4) is 0 Å². The smallest absolute Gasteiger partial charge is 0.176 e. The van der Waals surface area contributed by atoms with Crippen molar-refractivity contribution in [2.24, 2.45) is 7.05 Å². The number of hydrogen-bond donors (Lipinski definition) is 0. The first kappa shape index (κ1) is 10.3. The molecule has 1 saturated heterocycles. The molecule has 3 heterocycles. The molecule has 2 bridgehead atoms. The molecule has 3 rings (SSSR count). The van der Waals surface area contributed by atoms with Crippen molar-refractivity contribution in [1.82, 2.24) is 19.9 Å². The van der Waals surface area contributed by atoms with Gasteiger partial charge >= 0.3 is 0 Å². The van der Waals surface area contributed by atoms with E-state index in [0.29, 0.717) is 11.2 Å². The summed E-state index contributed by atoms with van der Waals surface area (Å²) in [6.07, 6.45) is 7.88. The van der Waals surface area contributed by atoms with Crippen LogP contribution in [-0.2, 0) is 12.6 Å². The number of rotatable bonds is 1. The summed E-state index contributed by atoms with van der Waals surface area (Å²) < 4.78 is 1.82. The lowest BCUT2D eigenvalue weighted by Crippen LogP contribution is -2.44. The molecule has 2 unspecified atom stereocenters. The Hall–Kier alpha value is -0.870. The topological polar surface area (TPSA) is 34.0 Å². The van der Waals surface area contributed by atoms with Crippen molar-refractivity contribution in [3.8, 4) is 0 Å². The SMILES string of the molecule is CN1C2C=CCC1(c1c(Cl)nnn1C)CC2. The molecule has 86 valence electrons. The van der Waals surface area contributed by atoms with Crippen molar-refractivity contribution in [2.75, 3.05) is 7.05 Å². The van der Waals surface area contributed by atoms with Crippen molar-refractivity contribution in [2.45, 2.75) is 30.8 Å². The Bertz CT molecular complexity index is 433. The second kappa shape index (κ2) is 3.31. The van der Waals surface area contributed by atoms with E-state index in [4.69, 9.17) is 11.6 Å². The van der Waals surface area contributed by atoms with Gasteiger partial charge in [0, 0.05) is 13.1 Å². The van der Waals surface area contributed by atoms with Gasteiger partial charge in [0.15, 0.2) is 5.15 Å². The van der Waals surface area contributed by atoms with E-state index < -0.39 is 0 Å². The Balaban J connectivity index is 2.15. The van der Waals surface area contributed by atoms with Gasteiger partial charge in [0.2, 0.25) is 0 Å². The molecule has 0 spiro atoms. The maximum absolute atomic E-state index is 6.19. The van der Waals surface area contributed by atoms with Crippen LogP contribution in [0.1, 0.15) is 25.0 Å². The highest BCUT2D eigenvalue weighted by atomic mass is 35.5. The summed E-state index contributed by atoms with van der Waals surface area (Å²) in [5.74, 6) is 0. The normalized spacial score (nSPS) is 33.6. The molecular weight excluding hydrogens is 224 g/mol. The van der Waals surface area contributed by atoms with Crippen molar-refractivity contribution in [1.29, 1.82) is 0 Å². The number of likely N-dealkylation sites (N-methyl/N-ethyl adjacent to an activating group) is 1. The van der Waals surface area contributed by atoms with Gasteiger partial charge in [-0.05, 0) is 26.3 Å². The summed E-state index contributed by atoms with van der Waals surface area (Å²) in [5, 5.41) is 8.53. The zero-order valence-corrected chi connectivity index (χ0v) is 10.3. The third kappa shape index (κ3) is 1.14. The van der Waals surface area contributed by atoms with Crippen LogP contribution in [0.15, 0.2) is 12.2 Å². The van der Waals surface area contributed by atoms with E-state index in [-0.39, 0.29) is 5.54 Å². The largest absolute Gasteiger partial charge is 0.288 e. The molecule has 1 aromatic rings. The van der Waals surface area contributed by atoms with E-state index in [1.807, 2.05) is 11.7 Å². The maximum atomic E-state index is 6.19. The fourth-order valence-corrected chi connectivity index (χ4v) is 3.50. The van der Waals surface area contributed by atoms with Crippen LogP contribution >= 0.6 is 11.6 Å². The van der Waals surface area contributed by atoms with E-state index in [1.54, 1.807) is 0 Å². The quantitative estimate of drug-likeness (QED) is 0.699. The lowest BCUT2D eigenvalue weighted by Gasteiger charge is -2.39. The molecule has 0 saturated carbocycles. The molecule has 0 aliphatic carbocycles. The van der Waals surface area contributed by atoms with Crippen LogP contribution in [0, 0.1) is 0 Å². The molecule has 2 atom stereocenters. The Kier molecular flexibility index (Phi) is 2.13. The number of halogens is 1. The first-order valence-electron chi connectivity index (χ1n) is 5.60. The highest BCUT2D eigenvalue weighted by molar-refractivity contribution is 6.30. The van der Waals surface area contributed by atoms with Crippen molar-refractivity contribution < 1.29 is 0 Å². The lowest BCUT2D eigenvalue weighted by atomic mass is 9.88. The predicted molar refractivity (Wildman–Crippen MR) is 62.2 cm³/mol. The molecular formula is C11H15ClN4. The Morgan fingerprint density at radius 2 is 2.31 bits per heavy atom. The van der Waals surface area contributed by atoms with Crippen molar-refractivity contribution in [3.05, 3.63) is 23.0 Å². The first-order chi connectivity index (χ1) is 7.65. The third-order valence-electron chi connectivity index (χ3n) is 4.07. The van der Waals surface area contributed by atoms with Crippen LogP contribution in [0.5, 0.6) is 0 Å². The standard InChI is InChI=1S/C11H15ClN4/c1-15-8-4-3-6-11(15,7-5-8)9-10(12)13-14-16(9)2/h3-4,8H,5-7H2,1-2H3. The fraction of sp³-hybridized carbons (Fsp3) is 0.636. The summed E-state index contributed by atoms with van der Waals surface area (Å²) in [5.41, 5.74) is 1.07. The van der Waals surface area contributed by atoms with Gasteiger partial charge in [-0.3, -0.25) is 4.90 Å². The zero-order valence-electron chi connectivity index (χ0n) is 9.52. The van der Waals surface area contributed by atoms with E-state index in [2.05, 4.69) is 34.4 Å². The van der Waals surface area contributed by atoms with Gasteiger partial charge in [-0.1, -0.05) is 29.0 Å². The highest BCUT2D eigenvalue weighted by Crippen LogP contribution is 2.48. The molecule has 2 aliphatic heterocycles. The van der Waals surface area contributed by atoms with Gasteiger partial charge in [0.1, 0.15) is 0 Å². The molecule has 0 aromatic carbocycles. The second-order valence-electron chi connectivity index (χ2n) is 4.73. The predicted octanol–water partition coefficient (Wildman–Crippen LogP) is 1.72. The third-order valence-corrected chi connectivity index (χ3v) is 4.32. The lowest BCUT2D eigenvalue weighted by molar-refractivity contribution is 0.133. The van der Waals surface area contributed by atoms with Crippen LogP contribution < -0.4 is 0 Å². The highest BCUT2D eigenvalue weighted by Gasteiger charge is 2.49. The second-order valence-corrected chi connectivity index (χ2v) is 5.09. The van der Waals surface area contributed by atoms with Crippen LogP contribution in [0.2, 0.25) is 5.15 Å². The molecule has 0 N–H and O–H groups in total.